The molecule has 0 heterocycles. The van der Waals surface area contributed by atoms with Crippen LogP contribution in [0.15, 0.2) is 0 Å². The molecule has 0 aliphatic heterocycles. The average molecular weight is 159 g/mol. The first kappa shape index (κ1) is 9.94. The predicted molar refractivity (Wildman–Crippen MR) is 40.5 cm³/mol. The highest BCUT2D eigenvalue weighted by atomic mass is 16.4. The number of carboxylic acid groups (broad SMARTS) is 1. The molecule has 0 spiro atoms. The van der Waals surface area contributed by atoms with E-state index < -0.39 is 11.6 Å². The van der Waals surface area contributed by atoms with Gasteiger partial charge in [0.2, 0.25) is 0 Å². The minimum atomic E-state index is -1.05. The molecule has 0 rings (SSSR count). The standard InChI is InChI=1S/C7H13NO3/c1-7(2,4-3-5-9)8-6(10)11/h5,8H,3-4H2,1-2H3,(H,10,11). The van der Waals surface area contributed by atoms with Crippen molar-refractivity contribution in [1.82, 2.24) is 5.32 Å². The fourth-order valence-corrected chi connectivity index (χ4v) is 0.772. The molecule has 0 unspecified atom stereocenters. The van der Waals surface area contributed by atoms with E-state index in [4.69, 9.17) is 5.11 Å². The second-order valence-electron chi connectivity index (χ2n) is 3.02. The lowest BCUT2D eigenvalue weighted by Crippen LogP contribution is -2.42. The van der Waals surface area contributed by atoms with Crippen LogP contribution in [0.4, 0.5) is 4.79 Å². The molecule has 0 aromatic rings. The summed E-state index contributed by atoms with van der Waals surface area (Å²) in [4.78, 5) is 20.1. The van der Waals surface area contributed by atoms with E-state index in [0.29, 0.717) is 12.8 Å². The van der Waals surface area contributed by atoms with Crippen LogP contribution in [0.2, 0.25) is 0 Å². The number of nitrogens with one attached hydrogen (secondary N) is 1. The van der Waals surface area contributed by atoms with E-state index in [1.165, 1.54) is 0 Å². The number of hydrogen-bond acceptors (Lipinski definition) is 2. The van der Waals surface area contributed by atoms with Crippen LogP contribution in [-0.2, 0) is 4.79 Å². The number of rotatable bonds is 4. The SMILES string of the molecule is CC(C)(CCC=O)NC(=O)O. The summed E-state index contributed by atoms with van der Waals surface area (Å²) in [5, 5.41) is 10.7. The maximum atomic E-state index is 10.2. The van der Waals surface area contributed by atoms with Gasteiger partial charge in [-0.05, 0) is 20.3 Å². The quantitative estimate of drug-likeness (QED) is 0.601. The molecule has 0 saturated heterocycles. The first-order valence-electron chi connectivity index (χ1n) is 3.43. The summed E-state index contributed by atoms with van der Waals surface area (Å²) in [7, 11) is 0. The van der Waals surface area contributed by atoms with Gasteiger partial charge in [0, 0.05) is 12.0 Å². The number of hydrogen-bond donors (Lipinski definition) is 2. The van der Waals surface area contributed by atoms with Gasteiger partial charge in [0.25, 0.3) is 0 Å². The topological polar surface area (TPSA) is 66.4 Å². The summed E-state index contributed by atoms with van der Waals surface area (Å²) < 4.78 is 0. The molecule has 0 saturated carbocycles. The summed E-state index contributed by atoms with van der Waals surface area (Å²) in [6.45, 7) is 3.48. The van der Waals surface area contributed by atoms with E-state index in [1.807, 2.05) is 0 Å². The van der Waals surface area contributed by atoms with Gasteiger partial charge in [-0.2, -0.15) is 0 Å². The number of amides is 1. The number of carbonyl (C=O) groups is 2. The fraction of sp³-hybridized carbons (Fsp3) is 0.714. The van der Waals surface area contributed by atoms with Crippen LogP contribution in [0.3, 0.4) is 0 Å². The molecule has 0 radical (unpaired) electrons. The lowest BCUT2D eigenvalue weighted by molar-refractivity contribution is -0.108. The third-order valence-electron chi connectivity index (χ3n) is 1.33. The minimum absolute atomic E-state index is 0.382. The lowest BCUT2D eigenvalue weighted by atomic mass is 9.99. The van der Waals surface area contributed by atoms with Crippen molar-refractivity contribution in [2.45, 2.75) is 32.2 Å². The molecule has 0 aromatic carbocycles. The summed E-state index contributed by atoms with van der Waals surface area (Å²) >= 11 is 0. The van der Waals surface area contributed by atoms with Crippen molar-refractivity contribution < 1.29 is 14.7 Å². The van der Waals surface area contributed by atoms with Gasteiger partial charge in [-0.25, -0.2) is 4.79 Å². The lowest BCUT2D eigenvalue weighted by Gasteiger charge is -2.22. The number of carbonyl (C=O) groups excluding carboxylic acids is 1. The van der Waals surface area contributed by atoms with Gasteiger partial charge >= 0.3 is 6.09 Å². The maximum absolute atomic E-state index is 10.2. The zero-order valence-electron chi connectivity index (χ0n) is 6.76. The van der Waals surface area contributed by atoms with Crippen LogP contribution < -0.4 is 5.32 Å². The molecule has 0 bridgehead atoms. The Morgan fingerprint density at radius 2 is 2.18 bits per heavy atom. The van der Waals surface area contributed by atoms with Crippen LogP contribution >= 0.6 is 0 Å². The first-order chi connectivity index (χ1) is 4.98. The molecule has 11 heavy (non-hydrogen) atoms. The third kappa shape index (κ3) is 5.39. The van der Waals surface area contributed by atoms with Gasteiger partial charge in [0.1, 0.15) is 6.29 Å². The zero-order chi connectivity index (χ0) is 8.91. The molecule has 0 aliphatic rings. The van der Waals surface area contributed by atoms with Crippen LogP contribution in [-0.4, -0.2) is 23.0 Å². The Bertz CT molecular complexity index is 154. The Kier molecular flexibility index (Phi) is 3.57. The van der Waals surface area contributed by atoms with E-state index in [0.717, 1.165) is 6.29 Å². The third-order valence-corrected chi connectivity index (χ3v) is 1.33. The van der Waals surface area contributed by atoms with Gasteiger partial charge in [-0.15, -0.1) is 0 Å². The zero-order valence-corrected chi connectivity index (χ0v) is 6.76. The van der Waals surface area contributed by atoms with Crippen molar-refractivity contribution in [1.29, 1.82) is 0 Å². The summed E-state index contributed by atoms with van der Waals surface area (Å²) in [5.74, 6) is 0. The van der Waals surface area contributed by atoms with Crippen LogP contribution in [0.1, 0.15) is 26.7 Å². The summed E-state index contributed by atoms with van der Waals surface area (Å²) in [5.41, 5.74) is -0.507. The maximum Gasteiger partial charge on any atom is 0.405 e. The van der Waals surface area contributed by atoms with E-state index in [9.17, 15) is 9.59 Å². The molecular weight excluding hydrogens is 146 g/mol. The monoisotopic (exact) mass is 159 g/mol. The average Bonchev–Trinajstić information content (AvgIpc) is 1.81. The Balaban J connectivity index is 3.78. The second kappa shape index (κ2) is 3.95. The fourth-order valence-electron chi connectivity index (χ4n) is 0.772. The molecule has 4 nitrogen and oxygen atoms in total. The molecule has 64 valence electrons. The Labute approximate surface area is 65.6 Å². The van der Waals surface area contributed by atoms with Crippen LogP contribution in [0, 0.1) is 0 Å². The van der Waals surface area contributed by atoms with Crippen molar-refractivity contribution in [3.05, 3.63) is 0 Å². The minimum Gasteiger partial charge on any atom is -0.465 e. The molecule has 0 atom stereocenters. The van der Waals surface area contributed by atoms with Crippen molar-refractivity contribution in [3.63, 3.8) is 0 Å². The van der Waals surface area contributed by atoms with Gasteiger partial charge in [0.15, 0.2) is 0 Å². The highest BCUT2D eigenvalue weighted by Gasteiger charge is 2.18. The molecule has 1 amide bonds. The van der Waals surface area contributed by atoms with Crippen LogP contribution in [0.25, 0.3) is 0 Å². The van der Waals surface area contributed by atoms with Gasteiger partial charge in [-0.1, -0.05) is 0 Å². The van der Waals surface area contributed by atoms with Gasteiger partial charge < -0.3 is 15.2 Å². The predicted octanol–water partition coefficient (Wildman–Crippen LogP) is 1.01. The van der Waals surface area contributed by atoms with Gasteiger partial charge in [-0.3, -0.25) is 0 Å². The van der Waals surface area contributed by atoms with Crippen molar-refractivity contribution >= 4 is 12.4 Å². The summed E-state index contributed by atoms with van der Waals surface area (Å²) in [6, 6.07) is 0. The first-order valence-corrected chi connectivity index (χ1v) is 3.43. The Hall–Kier alpha value is -1.06. The van der Waals surface area contributed by atoms with Crippen LogP contribution in [0.5, 0.6) is 0 Å². The van der Waals surface area contributed by atoms with Crippen molar-refractivity contribution in [3.8, 4) is 0 Å². The molecular formula is C7H13NO3. The van der Waals surface area contributed by atoms with E-state index in [1.54, 1.807) is 13.8 Å². The Morgan fingerprint density at radius 1 is 1.64 bits per heavy atom. The molecule has 2 N–H and O–H groups in total. The van der Waals surface area contributed by atoms with E-state index in [-0.39, 0.29) is 0 Å². The van der Waals surface area contributed by atoms with E-state index >= 15 is 0 Å². The second-order valence-corrected chi connectivity index (χ2v) is 3.02. The van der Waals surface area contributed by atoms with Crippen molar-refractivity contribution in [2.24, 2.45) is 0 Å². The molecule has 4 heteroatoms. The van der Waals surface area contributed by atoms with Crippen molar-refractivity contribution in [2.75, 3.05) is 0 Å². The normalized spacial score (nSPS) is 10.7. The van der Waals surface area contributed by atoms with E-state index in [2.05, 4.69) is 5.32 Å². The largest absolute Gasteiger partial charge is 0.465 e. The van der Waals surface area contributed by atoms with Gasteiger partial charge in [0.05, 0.1) is 0 Å². The smallest absolute Gasteiger partial charge is 0.405 e. The molecule has 0 fully saturated rings. The molecule has 0 aliphatic carbocycles. The number of aldehydes is 1. The molecule has 0 aromatic heterocycles. The highest BCUT2D eigenvalue weighted by Crippen LogP contribution is 2.09. The summed E-state index contributed by atoms with van der Waals surface area (Å²) in [6.07, 6.45) is 0.641. The highest BCUT2D eigenvalue weighted by molar-refractivity contribution is 5.65. The Morgan fingerprint density at radius 3 is 2.55 bits per heavy atom.